The summed E-state index contributed by atoms with van der Waals surface area (Å²) in [5.74, 6) is 1.65. The van der Waals surface area contributed by atoms with Gasteiger partial charge in [0.05, 0.1) is 6.04 Å². The Bertz CT molecular complexity index is 619. The number of piperidine rings is 1. The van der Waals surface area contributed by atoms with Crippen molar-refractivity contribution in [3.63, 3.8) is 0 Å². The summed E-state index contributed by atoms with van der Waals surface area (Å²) in [6, 6.07) is 0.469. The summed E-state index contributed by atoms with van der Waals surface area (Å²) < 4.78 is 0. The third kappa shape index (κ3) is 3.67. The van der Waals surface area contributed by atoms with E-state index >= 15 is 0 Å². The molecule has 0 bridgehead atoms. The molecule has 128 valence electrons. The minimum Gasteiger partial charge on any atom is -0.290 e. The number of aromatic nitrogens is 3. The zero-order valence-corrected chi connectivity index (χ0v) is 15.0. The summed E-state index contributed by atoms with van der Waals surface area (Å²) in [5, 5.41) is 3.35. The van der Waals surface area contributed by atoms with E-state index in [0.717, 1.165) is 18.9 Å². The summed E-state index contributed by atoms with van der Waals surface area (Å²) >= 11 is 1.78. The first-order valence-corrected chi connectivity index (χ1v) is 10.2. The van der Waals surface area contributed by atoms with Crippen molar-refractivity contribution < 1.29 is 0 Å². The van der Waals surface area contributed by atoms with Crippen LogP contribution in [0, 0.1) is 0 Å². The van der Waals surface area contributed by atoms with E-state index in [1.807, 2.05) is 6.20 Å². The van der Waals surface area contributed by atoms with E-state index in [1.165, 1.54) is 61.9 Å². The Kier molecular flexibility index (Phi) is 5.18. The predicted molar refractivity (Wildman–Crippen MR) is 97.0 cm³/mol. The van der Waals surface area contributed by atoms with Crippen LogP contribution in [0.2, 0.25) is 0 Å². The number of likely N-dealkylation sites (tertiary alicyclic amines) is 1. The van der Waals surface area contributed by atoms with Gasteiger partial charge in [-0.25, -0.2) is 15.0 Å². The molecule has 3 heterocycles. The Balaban J connectivity index is 1.43. The largest absolute Gasteiger partial charge is 0.290 e. The van der Waals surface area contributed by atoms with Crippen molar-refractivity contribution in [3.05, 3.63) is 40.4 Å². The number of hydrogen-bond donors (Lipinski definition) is 0. The molecule has 0 amide bonds. The molecule has 4 nitrogen and oxygen atoms in total. The molecule has 5 heteroatoms. The molecule has 0 N–H and O–H groups in total. The lowest BCUT2D eigenvalue weighted by molar-refractivity contribution is 0.140. The average Bonchev–Trinajstić information content (AvgIpc) is 3.18. The molecule has 24 heavy (non-hydrogen) atoms. The van der Waals surface area contributed by atoms with Crippen molar-refractivity contribution in [3.8, 4) is 0 Å². The van der Waals surface area contributed by atoms with Crippen LogP contribution in [0.4, 0.5) is 0 Å². The number of hydrogen-bond acceptors (Lipinski definition) is 5. The van der Waals surface area contributed by atoms with Gasteiger partial charge in [0.1, 0.15) is 10.8 Å². The Morgan fingerprint density at radius 2 is 1.75 bits per heavy atom. The topological polar surface area (TPSA) is 41.9 Å². The van der Waals surface area contributed by atoms with Crippen LogP contribution in [0.15, 0.2) is 24.0 Å². The predicted octanol–water partition coefficient (Wildman–Crippen LogP) is 4.71. The van der Waals surface area contributed by atoms with Crippen LogP contribution in [0.3, 0.4) is 0 Å². The first kappa shape index (κ1) is 16.2. The van der Waals surface area contributed by atoms with Gasteiger partial charge in [-0.15, -0.1) is 11.3 Å². The van der Waals surface area contributed by atoms with Crippen LogP contribution in [0.25, 0.3) is 0 Å². The van der Waals surface area contributed by atoms with Crippen LogP contribution in [-0.2, 0) is 6.54 Å². The molecule has 2 aromatic rings. The SMILES string of the molecule is c1csc(C2CCCCN2Cc2cnc(C3CCCCC3)nc2)n1. The van der Waals surface area contributed by atoms with Crippen molar-refractivity contribution in [2.75, 3.05) is 6.54 Å². The average molecular weight is 343 g/mol. The van der Waals surface area contributed by atoms with Crippen molar-refractivity contribution in [1.29, 1.82) is 0 Å². The van der Waals surface area contributed by atoms with Crippen molar-refractivity contribution in [2.24, 2.45) is 0 Å². The maximum absolute atomic E-state index is 4.70. The molecule has 1 saturated carbocycles. The lowest BCUT2D eigenvalue weighted by Gasteiger charge is -2.34. The molecule has 1 atom stereocenters. The summed E-state index contributed by atoms with van der Waals surface area (Å²) in [5.41, 5.74) is 1.23. The zero-order chi connectivity index (χ0) is 16.2. The van der Waals surface area contributed by atoms with Crippen molar-refractivity contribution in [2.45, 2.75) is 69.9 Å². The molecule has 1 aliphatic carbocycles. The first-order chi connectivity index (χ1) is 11.9. The fourth-order valence-electron chi connectivity index (χ4n) is 4.11. The molecular formula is C19H26N4S. The van der Waals surface area contributed by atoms with Crippen molar-refractivity contribution in [1.82, 2.24) is 19.9 Å². The van der Waals surface area contributed by atoms with Gasteiger partial charge in [-0.1, -0.05) is 25.7 Å². The van der Waals surface area contributed by atoms with Gasteiger partial charge in [0, 0.05) is 42.0 Å². The highest BCUT2D eigenvalue weighted by atomic mass is 32.1. The highest BCUT2D eigenvalue weighted by Gasteiger charge is 2.26. The maximum Gasteiger partial charge on any atom is 0.131 e. The van der Waals surface area contributed by atoms with Crippen LogP contribution < -0.4 is 0 Å². The second-order valence-electron chi connectivity index (χ2n) is 7.14. The van der Waals surface area contributed by atoms with E-state index < -0.39 is 0 Å². The fraction of sp³-hybridized carbons (Fsp3) is 0.632. The molecule has 2 aromatic heterocycles. The van der Waals surface area contributed by atoms with Crippen LogP contribution in [0.1, 0.15) is 79.7 Å². The van der Waals surface area contributed by atoms with Gasteiger partial charge < -0.3 is 0 Å². The van der Waals surface area contributed by atoms with E-state index in [1.54, 1.807) is 11.3 Å². The Hall–Kier alpha value is -1.33. The van der Waals surface area contributed by atoms with E-state index in [2.05, 4.69) is 27.7 Å². The van der Waals surface area contributed by atoms with Crippen molar-refractivity contribution >= 4 is 11.3 Å². The second kappa shape index (κ2) is 7.70. The normalized spacial score (nSPS) is 23.4. The molecule has 1 unspecified atom stereocenters. The van der Waals surface area contributed by atoms with E-state index in [0.29, 0.717) is 12.0 Å². The fourth-order valence-corrected chi connectivity index (χ4v) is 4.92. The number of nitrogens with zero attached hydrogens (tertiary/aromatic N) is 4. The quantitative estimate of drug-likeness (QED) is 0.807. The summed E-state index contributed by atoms with van der Waals surface area (Å²) in [4.78, 5) is 16.5. The van der Waals surface area contributed by atoms with Gasteiger partial charge in [0.2, 0.25) is 0 Å². The molecule has 4 rings (SSSR count). The van der Waals surface area contributed by atoms with Gasteiger partial charge in [-0.3, -0.25) is 4.90 Å². The van der Waals surface area contributed by atoms with E-state index in [9.17, 15) is 0 Å². The number of rotatable bonds is 4. The summed E-state index contributed by atoms with van der Waals surface area (Å²) in [6.45, 7) is 2.09. The second-order valence-corrected chi connectivity index (χ2v) is 8.06. The Labute approximate surface area is 148 Å². The van der Waals surface area contributed by atoms with Crippen LogP contribution in [-0.4, -0.2) is 26.4 Å². The summed E-state index contributed by atoms with van der Waals surface area (Å²) in [7, 11) is 0. The van der Waals surface area contributed by atoms with Gasteiger partial charge in [0.15, 0.2) is 0 Å². The molecule has 1 aliphatic heterocycles. The first-order valence-electron chi connectivity index (χ1n) is 9.34. The standard InChI is InChI=1S/C19H26N4S/c1-2-6-16(7-3-1)18-21-12-15(13-22-18)14-23-10-5-4-8-17(23)19-20-9-11-24-19/h9,11-13,16-17H,1-8,10,14H2. The Morgan fingerprint density at radius 3 is 2.50 bits per heavy atom. The van der Waals surface area contributed by atoms with Gasteiger partial charge in [-0.05, 0) is 32.2 Å². The maximum atomic E-state index is 4.70. The van der Waals surface area contributed by atoms with Gasteiger partial charge >= 0.3 is 0 Å². The van der Waals surface area contributed by atoms with Crippen LogP contribution >= 0.6 is 11.3 Å². The van der Waals surface area contributed by atoms with Gasteiger partial charge in [0.25, 0.3) is 0 Å². The molecule has 0 radical (unpaired) electrons. The third-order valence-electron chi connectivity index (χ3n) is 5.43. The lowest BCUT2D eigenvalue weighted by Crippen LogP contribution is -2.33. The minimum atomic E-state index is 0.469. The lowest BCUT2D eigenvalue weighted by atomic mass is 9.89. The molecule has 2 aliphatic rings. The van der Waals surface area contributed by atoms with Gasteiger partial charge in [-0.2, -0.15) is 0 Å². The van der Waals surface area contributed by atoms with E-state index in [-0.39, 0.29) is 0 Å². The van der Waals surface area contributed by atoms with E-state index in [4.69, 9.17) is 9.97 Å². The zero-order valence-electron chi connectivity index (χ0n) is 14.2. The highest BCUT2D eigenvalue weighted by Crippen LogP contribution is 2.33. The molecule has 0 aromatic carbocycles. The summed E-state index contributed by atoms with van der Waals surface area (Å²) in [6.07, 6.45) is 16.4. The molecule has 1 saturated heterocycles. The molecule has 0 spiro atoms. The third-order valence-corrected chi connectivity index (χ3v) is 6.31. The Morgan fingerprint density at radius 1 is 0.958 bits per heavy atom. The van der Waals surface area contributed by atoms with Crippen LogP contribution in [0.5, 0.6) is 0 Å². The molecule has 2 fully saturated rings. The minimum absolute atomic E-state index is 0.469. The smallest absolute Gasteiger partial charge is 0.131 e. The molecular weight excluding hydrogens is 316 g/mol. The monoisotopic (exact) mass is 342 g/mol. The highest BCUT2D eigenvalue weighted by molar-refractivity contribution is 7.09. The number of thiazole rings is 1.